The average Bonchev–Trinajstić information content (AvgIpc) is 2.80. The quantitative estimate of drug-likeness (QED) is 0.667. The summed E-state index contributed by atoms with van der Waals surface area (Å²) >= 11 is 0. The Morgan fingerprint density at radius 2 is 2.15 bits per heavy atom. The van der Waals surface area contributed by atoms with Crippen LogP contribution >= 0.6 is 0 Å². The molecule has 2 unspecified atom stereocenters. The topological polar surface area (TPSA) is 72.8 Å². The molecule has 0 saturated carbocycles. The van der Waals surface area contributed by atoms with Gasteiger partial charge in [0.25, 0.3) is 0 Å². The van der Waals surface area contributed by atoms with Gasteiger partial charge in [0, 0.05) is 18.9 Å². The van der Waals surface area contributed by atoms with E-state index in [-0.39, 0.29) is 12.4 Å². The number of fused-ring (bicyclic) bond motifs is 1. The zero-order valence-electron chi connectivity index (χ0n) is 11.8. The molecular weight excluding hydrogens is 260 g/mol. The van der Waals surface area contributed by atoms with Crippen LogP contribution in [0, 0.1) is 0 Å². The number of hydrogen-bond donors (Lipinski definition) is 1. The summed E-state index contributed by atoms with van der Waals surface area (Å²) in [5.41, 5.74) is 0.222. The number of ether oxygens (including phenoxy) is 2. The lowest BCUT2D eigenvalue weighted by atomic mass is 9.95. The summed E-state index contributed by atoms with van der Waals surface area (Å²) in [6.45, 7) is 4.24. The molecule has 1 aliphatic heterocycles. The molecule has 2 atom stereocenters. The van der Waals surface area contributed by atoms with Crippen molar-refractivity contribution in [2.75, 3.05) is 6.61 Å². The van der Waals surface area contributed by atoms with Crippen LogP contribution in [-0.4, -0.2) is 35.2 Å². The van der Waals surface area contributed by atoms with E-state index in [4.69, 9.17) is 9.47 Å². The molecule has 1 aromatic rings. The van der Waals surface area contributed by atoms with E-state index < -0.39 is 17.7 Å². The van der Waals surface area contributed by atoms with Gasteiger partial charge < -0.3 is 14.6 Å². The molecule has 20 heavy (non-hydrogen) atoms. The van der Waals surface area contributed by atoms with Gasteiger partial charge in [0.1, 0.15) is 24.1 Å². The maximum atomic E-state index is 11.4. The minimum absolute atomic E-state index is 0.0112. The number of Topliss-reactive ketones (excluding diaryl/α,β-unsaturated/α-hetero) is 1. The van der Waals surface area contributed by atoms with Crippen LogP contribution in [0.3, 0.4) is 0 Å². The maximum Gasteiger partial charge on any atom is 0.302 e. The van der Waals surface area contributed by atoms with E-state index in [1.165, 1.54) is 13.8 Å². The molecule has 0 fully saturated rings. The molecule has 5 nitrogen and oxygen atoms in total. The minimum Gasteiger partial charge on any atom is -0.487 e. The van der Waals surface area contributed by atoms with Crippen LogP contribution in [0.1, 0.15) is 36.7 Å². The zero-order chi connectivity index (χ0) is 14.9. The fourth-order valence-electron chi connectivity index (χ4n) is 2.16. The number of hydrogen-bond acceptors (Lipinski definition) is 5. The van der Waals surface area contributed by atoms with E-state index in [0.717, 1.165) is 5.56 Å². The molecule has 0 aromatic heterocycles. The Hall–Kier alpha value is -1.88. The van der Waals surface area contributed by atoms with Gasteiger partial charge in [-0.2, -0.15) is 0 Å². The number of esters is 1. The summed E-state index contributed by atoms with van der Waals surface area (Å²) in [6, 6.07) is 5.21. The number of rotatable bonds is 4. The Kier molecular flexibility index (Phi) is 3.81. The van der Waals surface area contributed by atoms with Crippen molar-refractivity contribution < 1.29 is 24.2 Å². The van der Waals surface area contributed by atoms with Gasteiger partial charge in [-0.15, -0.1) is 0 Å². The molecule has 1 heterocycles. The monoisotopic (exact) mass is 278 g/mol. The molecule has 108 valence electrons. The summed E-state index contributed by atoms with van der Waals surface area (Å²) < 4.78 is 10.5. The molecule has 0 spiro atoms. The van der Waals surface area contributed by atoms with Crippen LogP contribution in [0.4, 0.5) is 0 Å². The first-order chi connectivity index (χ1) is 9.29. The van der Waals surface area contributed by atoms with Crippen LogP contribution in [0.5, 0.6) is 5.75 Å². The molecule has 0 saturated heterocycles. The van der Waals surface area contributed by atoms with Crippen LogP contribution < -0.4 is 4.74 Å². The first-order valence-corrected chi connectivity index (χ1v) is 6.46. The molecule has 0 radical (unpaired) electrons. The Labute approximate surface area is 117 Å². The SMILES string of the molecule is CC(=O)OCC(C)(O)C1Cc2cc(C(C)=O)ccc2O1. The zero-order valence-corrected chi connectivity index (χ0v) is 11.8. The van der Waals surface area contributed by atoms with Crippen molar-refractivity contribution in [2.24, 2.45) is 0 Å². The van der Waals surface area contributed by atoms with Gasteiger partial charge >= 0.3 is 5.97 Å². The molecule has 0 aliphatic carbocycles. The molecule has 0 bridgehead atoms. The summed E-state index contributed by atoms with van der Waals surface area (Å²) in [6.07, 6.45) is -0.0240. The highest BCUT2D eigenvalue weighted by Gasteiger charge is 2.39. The van der Waals surface area contributed by atoms with E-state index >= 15 is 0 Å². The van der Waals surface area contributed by atoms with E-state index in [1.807, 2.05) is 0 Å². The number of carbonyl (C=O) groups is 2. The summed E-state index contributed by atoms with van der Waals surface area (Å²) in [7, 11) is 0. The van der Waals surface area contributed by atoms with E-state index in [2.05, 4.69) is 0 Å². The lowest BCUT2D eigenvalue weighted by Gasteiger charge is -2.28. The normalized spacial score (nSPS) is 19.7. The van der Waals surface area contributed by atoms with Crippen LogP contribution in [0.15, 0.2) is 18.2 Å². The lowest BCUT2D eigenvalue weighted by molar-refractivity contribution is -0.153. The predicted molar refractivity (Wildman–Crippen MR) is 71.8 cm³/mol. The third-order valence-electron chi connectivity index (χ3n) is 3.40. The standard InChI is InChI=1S/C15H18O5/c1-9(16)11-4-5-13-12(6-11)7-14(20-13)15(3,18)8-19-10(2)17/h4-6,14,18H,7-8H2,1-3H3. The summed E-state index contributed by atoms with van der Waals surface area (Å²) in [4.78, 5) is 22.2. The number of carbonyl (C=O) groups excluding carboxylic acids is 2. The Bertz CT molecular complexity index is 547. The average molecular weight is 278 g/mol. The fourth-order valence-corrected chi connectivity index (χ4v) is 2.16. The van der Waals surface area contributed by atoms with E-state index in [0.29, 0.717) is 17.7 Å². The van der Waals surface area contributed by atoms with Crippen LogP contribution in [0.25, 0.3) is 0 Å². The van der Waals surface area contributed by atoms with Crippen molar-refractivity contribution in [1.82, 2.24) is 0 Å². The molecule has 2 rings (SSSR count). The van der Waals surface area contributed by atoms with Gasteiger partial charge in [-0.25, -0.2) is 0 Å². The van der Waals surface area contributed by atoms with Crippen LogP contribution in [0.2, 0.25) is 0 Å². The number of ketones is 1. The van der Waals surface area contributed by atoms with Gasteiger partial charge in [-0.1, -0.05) is 0 Å². The van der Waals surface area contributed by atoms with Crippen molar-refractivity contribution in [3.05, 3.63) is 29.3 Å². The Morgan fingerprint density at radius 1 is 1.45 bits per heavy atom. The third kappa shape index (κ3) is 2.99. The molecular formula is C15H18O5. The smallest absolute Gasteiger partial charge is 0.302 e. The van der Waals surface area contributed by atoms with Crippen molar-refractivity contribution in [3.8, 4) is 5.75 Å². The van der Waals surface area contributed by atoms with Gasteiger partial charge in [-0.05, 0) is 37.6 Å². The van der Waals surface area contributed by atoms with Crippen molar-refractivity contribution >= 4 is 11.8 Å². The number of aliphatic hydroxyl groups is 1. The highest BCUT2D eigenvalue weighted by molar-refractivity contribution is 5.94. The number of benzene rings is 1. The van der Waals surface area contributed by atoms with Gasteiger partial charge in [-0.3, -0.25) is 9.59 Å². The molecule has 0 amide bonds. The largest absolute Gasteiger partial charge is 0.487 e. The second-order valence-electron chi connectivity index (χ2n) is 5.33. The third-order valence-corrected chi connectivity index (χ3v) is 3.40. The van der Waals surface area contributed by atoms with E-state index in [1.54, 1.807) is 25.1 Å². The highest BCUT2D eigenvalue weighted by Crippen LogP contribution is 2.34. The minimum atomic E-state index is -1.28. The van der Waals surface area contributed by atoms with Gasteiger partial charge in [0.2, 0.25) is 0 Å². The molecule has 1 aromatic carbocycles. The van der Waals surface area contributed by atoms with Crippen molar-refractivity contribution in [1.29, 1.82) is 0 Å². The summed E-state index contributed by atoms with van der Waals surface area (Å²) in [5, 5.41) is 10.3. The second kappa shape index (κ2) is 5.25. The first kappa shape index (κ1) is 14.5. The summed E-state index contributed by atoms with van der Waals surface area (Å²) in [5.74, 6) is 0.200. The molecule has 1 aliphatic rings. The first-order valence-electron chi connectivity index (χ1n) is 6.46. The Balaban J connectivity index is 2.12. The van der Waals surface area contributed by atoms with Gasteiger partial charge in [0.15, 0.2) is 5.78 Å². The van der Waals surface area contributed by atoms with Gasteiger partial charge in [0.05, 0.1) is 0 Å². The second-order valence-corrected chi connectivity index (χ2v) is 5.33. The predicted octanol–water partition coefficient (Wildman–Crippen LogP) is 1.51. The maximum absolute atomic E-state index is 11.4. The van der Waals surface area contributed by atoms with E-state index in [9.17, 15) is 14.7 Å². The van der Waals surface area contributed by atoms with Crippen molar-refractivity contribution in [2.45, 2.75) is 38.9 Å². The van der Waals surface area contributed by atoms with Crippen LogP contribution in [-0.2, 0) is 16.0 Å². The fraction of sp³-hybridized carbons (Fsp3) is 0.467. The Morgan fingerprint density at radius 3 is 2.75 bits per heavy atom. The van der Waals surface area contributed by atoms with Crippen molar-refractivity contribution in [3.63, 3.8) is 0 Å². The molecule has 5 heteroatoms. The lowest BCUT2D eigenvalue weighted by Crippen LogP contribution is -2.46. The molecule has 1 N–H and O–H groups in total. The highest BCUT2D eigenvalue weighted by atomic mass is 16.6.